The lowest BCUT2D eigenvalue weighted by molar-refractivity contribution is 0.0750. The third-order valence-corrected chi connectivity index (χ3v) is 4.23. The van der Waals surface area contributed by atoms with Gasteiger partial charge in [-0.15, -0.1) is 12.4 Å². The molecule has 0 bridgehead atoms. The van der Waals surface area contributed by atoms with Gasteiger partial charge in [-0.05, 0) is 42.7 Å². The number of rotatable bonds is 1. The maximum atomic E-state index is 12.5. The summed E-state index contributed by atoms with van der Waals surface area (Å²) in [5.41, 5.74) is 6.43. The average molecular weight is 312 g/mol. The van der Waals surface area contributed by atoms with Crippen LogP contribution in [0.2, 0.25) is 0 Å². The number of amides is 1. The van der Waals surface area contributed by atoms with Crippen molar-refractivity contribution in [3.05, 3.63) is 23.9 Å². The Labute approximate surface area is 133 Å². The molecule has 0 radical (unpaired) electrons. The molecule has 1 aromatic rings. The molecule has 1 aliphatic heterocycles. The highest BCUT2D eigenvalue weighted by Crippen LogP contribution is 2.34. The molecule has 0 saturated carbocycles. The topological polar surface area (TPSA) is 59.2 Å². The van der Waals surface area contributed by atoms with Gasteiger partial charge in [0, 0.05) is 13.1 Å². The molecular weight excluding hydrogens is 286 g/mol. The molecule has 1 saturated heterocycles. The number of aromatic nitrogens is 1. The molecule has 2 rings (SSSR count). The van der Waals surface area contributed by atoms with Gasteiger partial charge in [-0.25, -0.2) is 4.98 Å². The Morgan fingerprint density at radius 3 is 2.62 bits per heavy atom. The number of nitrogen functional groups attached to an aromatic ring is 1. The van der Waals surface area contributed by atoms with E-state index in [0.717, 1.165) is 25.9 Å². The molecule has 1 aliphatic rings. The van der Waals surface area contributed by atoms with Crippen LogP contribution in [0.4, 0.5) is 5.82 Å². The number of carbonyl (C=O) groups excluding carboxylic acids is 1. The van der Waals surface area contributed by atoms with Crippen LogP contribution in [0.15, 0.2) is 18.2 Å². The van der Waals surface area contributed by atoms with Gasteiger partial charge in [0.25, 0.3) is 5.91 Å². The van der Waals surface area contributed by atoms with Crippen LogP contribution in [0.25, 0.3) is 0 Å². The number of halogens is 1. The van der Waals surface area contributed by atoms with Crippen LogP contribution >= 0.6 is 12.4 Å². The third kappa shape index (κ3) is 4.60. The number of nitrogens with two attached hydrogens (primary N) is 1. The smallest absolute Gasteiger partial charge is 0.272 e. The van der Waals surface area contributed by atoms with Gasteiger partial charge in [0.2, 0.25) is 0 Å². The largest absolute Gasteiger partial charge is 0.384 e. The molecule has 1 aromatic heterocycles. The van der Waals surface area contributed by atoms with E-state index in [9.17, 15) is 4.79 Å². The normalized spacial score (nSPS) is 19.6. The molecular formula is C16H26ClN3O. The quantitative estimate of drug-likeness (QED) is 0.865. The first-order valence-electron chi connectivity index (χ1n) is 7.40. The van der Waals surface area contributed by atoms with Gasteiger partial charge >= 0.3 is 0 Å². The van der Waals surface area contributed by atoms with Crippen molar-refractivity contribution in [2.75, 3.05) is 18.8 Å². The zero-order chi connectivity index (χ0) is 14.8. The van der Waals surface area contributed by atoms with E-state index in [1.54, 1.807) is 18.2 Å². The van der Waals surface area contributed by atoms with Crippen LogP contribution in [0, 0.1) is 11.3 Å². The van der Waals surface area contributed by atoms with Crippen LogP contribution < -0.4 is 5.73 Å². The van der Waals surface area contributed by atoms with Gasteiger partial charge in [0.15, 0.2) is 0 Å². The summed E-state index contributed by atoms with van der Waals surface area (Å²) >= 11 is 0. The number of hydrogen-bond acceptors (Lipinski definition) is 3. The molecule has 21 heavy (non-hydrogen) atoms. The van der Waals surface area contributed by atoms with E-state index in [-0.39, 0.29) is 18.3 Å². The number of carbonyl (C=O) groups is 1. The van der Waals surface area contributed by atoms with E-state index in [0.29, 0.717) is 22.8 Å². The zero-order valence-corrected chi connectivity index (χ0v) is 13.9. The Morgan fingerprint density at radius 2 is 2.00 bits per heavy atom. The van der Waals surface area contributed by atoms with Crippen molar-refractivity contribution < 1.29 is 4.79 Å². The average Bonchev–Trinajstić information content (AvgIpc) is 2.63. The predicted octanol–water partition coefficient (Wildman–Crippen LogP) is 3.37. The van der Waals surface area contributed by atoms with Crippen molar-refractivity contribution >= 4 is 24.1 Å². The lowest BCUT2D eigenvalue weighted by Crippen LogP contribution is -2.33. The molecule has 0 aromatic carbocycles. The Bertz CT molecular complexity index is 485. The van der Waals surface area contributed by atoms with E-state index in [4.69, 9.17) is 5.73 Å². The fourth-order valence-electron chi connectivity index (χ4n) is 2.90. The standard InChI is InChI=1S/C16H25N3O.ClH/c1-16(2,3)12-6-5-10-19(11-9-12)15(20)13-7-4-8-14(17)18-13;/h4,7-8,12H,5-6,9-11H2,1-3H3,(H2,17,18);1H. The van der Waals surface area contributed by atoms with Crippen LogP contribution in [-0.4, -0.2) is 28.9 Å². The van der Waals surface area contributed by atoms with E-state index in [2.05, 4.69) is 25.8 Å². The number of likely N-dealkylation sites (tertiary alicyclic amines) is 1. The summed E-state index contributed by atoms with van der Waals surface area (Å²) in [4.78, 5) is 18.5. The summed E-state index contributed by atoms with van der Waals surface area (Å²) in [7, 11) is 0. The maximum absolute atomic E-state index is 12.5. The van der Waals surface area contributed by atoms with Crippen LogP contribution in [-0.2, 0) is 0 Å². The minimum absolute atomic E-state index is 0. The molecule has 2 N–H and O–H groups in total. The minimum atomic E-state index is 0. The zero-order valence-electron chi connectivity index (χ0n) is 13.1. The van der Waals surface area contributed by atoms with Gasteiger partial charge in [0.1, 0.15) is 11.5 Å². The summed E-state index contributed by atoms with van der Waals surface area (Å²) in [5, 5.41) is 0. The van der Waals surface area contributed by atoms with E-state index >= 15 is 0 Å². The van der Waals surface area contributed by atoms with E-state index < -0.39 is 0 Å². The summed E-state index contributed by atoms with van der Waals surface area (Å²) in [5.74, 6) is 1.08. The Morgan fingerprint density at radius 1 is 1.29 bits per heavy atom. The molecule has 1 amide bonds. The Kier molecular flexibility index (Phi) is 6.02. The highest BCUT2D eigenvalue weighted by Gasteiger charge is 2.28. The van der Waals surface area contributed by atoms with E-state index in [1.165, 1.54) is 6.42 Å². The van der Waals surface area contributed by atoms with Crippen LogP contribution in [0.5, 0.6) is 0 Å². The van der Waals surface area contributed by atoms with Crippen LogP contribution in [0.3, 0.4) is 0 Å². The predicted molar refractivity (Wildman–Crippen MR) is 88.6 cm³/mol. The van der Waals surface area contributed by atoms with Gasteiger partial charge in [-0.2, -0.15) is 0 Å². The molecule has 5 heteroatoms. The Hall–Kier alpha value is -1.29. The monoisotopic (exact) mass is 311 g/mol. The summed E-state index contributed by atoms with van der Waals surface area (Å²) in [6.45, 7) is 8.50. The second-order valence-corrected chi connectivity index (χ2v) is 6.73. The molecule has 1 atom stereocenters. The van der Waals surface area contributed by atoms with Crippen molar-refractivity contribution in [2.45, 2.75) is 40.0 Å². The van der Waals surface area contributed by atoms with Crippen molar-refractivity contribution in [1.82, 2.24) is 9.88 Å². The number of pyridine rings is 1. The first-order chi connectivity index (χ1) is 9.38. The number of hydrogen-bond donors (Lipinski definition) is 1. The third-order valence-electron chi connectivity index (χ3n) is 4.23. The van der Waals surface area contributed by atoms with Crippen molar-refractivity contribution in [3.8, 4) is 0 Å². The molecule has 118 valence electrons. The van der Waals surface area contributed by atoms with Gasteiger partial charge in [0.05, 0.1) is 0 Å². The fourth-order valence-corrected chi connectivity index (χ4v) is 2.90. The first-order valence-corrected chi connectivity index (χ1v) is 7.40. The molecule has 4 nitrogen and oxygen atoms in total. The maximum Gasteiger partial charge on any atom is 0.272 e. The van der Waals surface area contributed by atoms with Gasteiger partial charge < -0.3 is 10.6 Å². The number of anilines is 1. The highest BCUT2D eigenvalue weighted by atomic mass is 35.5. The Balaban J connectivity index is 0.00000220. The van der Waals surface area contributed by atoms with Gasteiger partial charge in [-0.3, -0.25) is 4.79 Å². The van der Waals surface area contributed by atoms with Crippen LogP contribution in [0.1, 0.15) is 50.5 Å². The molecule has 0 aliphatic carbocycles. The highest BCUT2D eigenvalue weighted by molar-refractivity contribution is 5.92. The first kappa shape index (κ1) is 17.8. The molecule has 2 heterocycles. The van der Waals surface area contributed by atoms with Crippen molar-refractivity contribution in [3.63, 3.8) is 0 Å². The lowest BCUT2D eigenvalue weighted by atomic mass is 9.77. The van der Waals surface area contributed by atoms with Gasteiger partial charge in [-0.1, -0.05) is 26.8 Å². The SMILES string of the molecule is CC(C)(C)C1CCCN(C(=O)c2cccc(N)n2)CC1.Cl. The summed E-state index contributed by atoms with van der Waals surface area (Å²) in [6.07, 6.45) is 3.32. The molecule has 0 spiro atoms. The van der Waals surface area contributed by atoms with Crippen molar-refractivity contribution in [1.29, 1.82) is 0 Å². The summed E-state index contributed by atoms with van der Waals surface area (Å²) < 4.78 is 0. The molecule has 1 fully saturated rings. The minimum Gasteiger partial charge on any atom is -0.384 e. The van der Waals surface area contributed by atoms with E-state index in [1.807, 2.05) is 4.90 Å². The second-order valence-electron chi connectivity index (χ2n) is 6.73. The number of nitrogens with zero attached hydrogens (tertiary/aromatic N) is 2. The summed E-state index contributed by atoms with van der Waals surface area (Å²) in [6, 6.07) is 5.23. The van der Waals surface area contributed by atoms with Crippen molar-refractivity contribution in [2.24, 2.45) is 11.3 Å². The lowest BCUT2D eigenvalue weighted by Gasteiger charge is -2.29. The second kappa shape index (κ2) is 7.12. The fraction of sp³-hybridized carbons (Fsp3) is 0.625. The molecule has 1 unspecified atom stereocenters.